The molecule has 0 atom stereocenters. The number of methoxy groups -OCH3 is 2. The summed E-state index contributed by atoms with van der Waals surface area (Å²) in [6, 6.07) is 8.39. The zero-order valence-corrected chi connectivity index (χ0v) is 13.7. The third kappa shape index (κ3) is 4.66. The first-order valence-electron chi connectivity index (χ1n) is 7.39. The maximum Gasteiger partial charge on any atom is 0.271 e. The molecule has 8 heteroatoms. The number of ether oxygens (including phenoxy) is 2. The molecule has 0 saturated carbocycles. The van der Waals surface area contributed by atoms with E-state index in [-0.39, 0.29) is 29.5 Å². The Balaban J connectivity index is 2.04. The van der Waals surface area contributed by atoms with Crippen molar-refractivity contribution in [3.8, 4) is 11.5 Å². The first-order valence-corrected chi connectivity index (χ1v) is 7.39. The molecule has 2 aromatic carbocycles. The first-order chi connectivity index (χ1) is 11.9. The minimum absolute atomic E-state index is 0.0810. The molecule has 0 aliphatic heterocycles. The van der Waals surface area contributed by atoms with Crippen molar-refractivity contribution in [2.45, 2.75) is 12.8 Å². The number of amides is 1. The molecule has 0 unspecified atom stereocenters. The lowest BCUT2D eigenvalue weighted by Crippen LogP contribution is -2.13. The largest absolute Gasteiger partial charge is 0.495 e. The molecule has 2 rings (SSSR count). The highest BCUT2D eigenvalue weighted by Crippen LogP contribution is 2.29. The summed E-state index contributed by atoms with van der Waals surface area (Å²) in [4.78, 5) is 22.4. The van der Waals surface area contributed by atoms with Crippen molar-refractivity contribution >= 4 is 17.3 Å². The fourth-order valence-electron chi connectivity index (χ4n) is 2.24. The van der Waals surface area contributed by atoms with E-state index in [9.17, 15) is 19.3 Å². The number of halogens is 1. The number of benzene rings is 2. The van der Waals surface area contributed by atoms with Gasteiger partial charge in [-0.3, -0.25) is 14.9 Å². The third-order valence-corrected chi connectivity index (χ3v) is 3.52. The monoisotopic (exact) mass is 348 g/mol. The number of nitrogens with zero attached hydrogens (tertiary/aromatic N) is 1. The minimum atomic E-state index is -0.560. The van der Waals surface area contributed by atoms with E-state index in [1.54, 1.807) is 6.07 Å². The molecule has 25 heavy (non-hydrogen) atoms. The number of nitrogens with one attached hydrogen (secondary N) is 1. The molecule has 0 aliphatic rings. The molecule has 0 fully saturated rings. The Bertz CT molecular complexity index is 795. The van der Waals surface area contributed by atoms with Gasteiger partial charge in [-0.1, -0.05) is 6.07 Å². The Kier molecular flexibility index (Phi) is 5.89. The Morgan fingerprint density at radius 3 is 2.44 bits per heavy atom. The maximum atomic E-state index is 13.6. The zero-order valence-electron chi connectivity index (χ0n) is 13.7. The summed E-state index contributed by atoms with van der Waals surface area (Å²) in [5.74, 6) is -0.417. The van der Waals surface area contributed by atoms with Crippen LogP contribution in [-0.2, 0) is 11.2 Å². The summed E-state index contributed by atoms with van der Waals surface area (Å²) < 4.78 is 23.6. The van der Waals surface area contributed by atoms with Gasteiger partial charge >= 0.3 is 0 Å². The number of aryl methyl sites for hydroxylation is 1. The van der Waals surface area contributed by atoms with Gasteiger partial charge in [0.15, 0.2) is 11.6 Å². The van der Waals surface area contributed by atoms with Crippen LogP contribution in [-0.4, -0.2) is 25.1 Å². The molecule has 0 saturated heterocycles. The number of rotatable bonds is 7. The van der Waals surface area contributed by atoms with Crippen LogP contribution in [0.1, 0.15) is 12.0 Å². The van der Waals surface area contributed by atoms with Gasteiger partial charge in [0.1, 0.15) is 5.75 Å². The standard InChI is InChI=1S/C17H17FN2O5/c1-24-15-6-3-11(9-13(15)18)4-8-17(21)19-14-10-12(20(22)23)5-7-16(14)25-2/h3,5-7,9-10H,4,8H2,1-2H3,(H,19,21). The van der Waals surface area contributed by atoms with Crippen LogP contribution in [0.4, 0.5) is 15.8 Å². The van der Waals surface area contributed by atoms with E-state index in [0.717, 1.165) is 0 Å². The fourth-order valence-corrected chi connectivity index (χ4v) is 2.24. The predicted molar refractivity (Wildman–Crippen MR) is 89.6 cm³/mol. The number of carbonyl (C=O) groups is 1. The van der Waals surface area contributed by atoms with Crippen LogP contribution in [0.3, 0.4) is 0 Å². The maximum absolute atomic E-state index is 13.6. The Hall–Kier alpha value is -3.16. The molecule has 1 amide bonds. The van der Waals surface area contributed by atoms with Crippen LogP contribution in [0.2, 0.25) is 0 Å². The van der Waals surface area contributed by atoms with E-state index >= 15 is 0 Å². The Morgan fingerprint density at radius 2 is 1.84 bits per heavy atom. The molecular formula is C17H17FN2O5. The zero-order chi connectivity index (χ0) is 18.4. The number of nitro groups is 1. The smallest absolute Gasteiger partial charge is 0.271 e. The quantitative estimate of drug-likeness (QED) is 0.612. The SMILES string of the molecule is COc1ccc(CCC(=O)Nc2cc([N+](=O)[O-])ccc2OC)cc1F. The van der Waals surface area contributed by atoms with E-state index in [1.165, 1.54) is 44.6 Å². The molecule has 0 aromatic heterocycles. The van der Waals surface area contributed by atoms with Crippen molar-refractivity contribution in [1.29, 1.82) is 0 Å². The number of nitro benzene ring substituents is 1. The molecular weight excluding hydrogens is 331 g/mol. The van der Waals surface area contributed by atoms with Crippen LogP contribution >= 0.6 is 0 Å². The number of carbonyl (C=O) groups excluding carboxylic acids is 1. The summed E-state index contributed by atoms with van der Waals surface area (Å²) in [6.45, 7) is 0. The van der Waals surface area contributed by atoms with Crippen molar-refractivity contribution in [2.24, 2.45) is 0 Å². The van der Waals surface area contributed by atoms with Crippen LogP contribution in [0, 0.1) is 15.9 Å². The topological polar surface area (TPSA) is 90.7 Å². The van der Waals surface area contributed by atoms with E-state index in [0.29, 0.717) is 17.7 Å². The lowest BCUT2D eigenvalue weighted by Gasteiger charge is -2.10. The van der Waals surface area contributed by atoms with Gasteiger partial charge in [0.25, 0.3) is 5.69 Å². The van der Waals surface area contributed by atoms with Crippen LogP contribution < -0.4 is 14.8 Å². The fraction of sp³-hybridized carbons (Fsp3) is 0.235. The van der Waals surface area contributed by atoms with Gasteiger partial charge in [0.2, 0.25) is 5.91 Å². The van der Waals surface area contributed by atoms with Crippen molar-refractivity contribution in [3.63, 3.8) is 0 Å². The summed E-state index contributed by atoms with van der Waals surface area (Å²) in [6.07, 6.45) is 0.390. The van der Waals surface area contributed by atoms with E-state index in [4.69, 9.17) is 9.47 Å². The molecule has 132 valence electrons. The molecule has 0 spiro atoms. The predicted octanol–water partition coefficient (Wildman–Crippen LogP) is 3.32. The van der Waals surface area contributed by atoms with Gasteiger partial charge < -0.3 is 14.8 Å². The van der Waals surface area contributed by atoms with Crippen molar-refractivity contribution in [3.05, 3.63) is 57.9 Å². The summed E-state index contributed by atoms with van der Waals surface area (Å²) in [5, 5.41) is 13.4. The summed E-state index contributed by atoms with van der Waals surface area (Å²) in [5.41, 5.74) is 0.690. The molecule has 2 aromatic rings. The molecule has 7 nitrogen and oxygen atoms in total. The van der Waals surface area contributed by atoms with Crippen molar-refractivity contribution < 1.29 is 23.6 Å². The Labute approximate surface area is 143 Å². The van der Waals surface area contributed by atoms with E-state index < -0.39 is 10.7 Å². The highest BCUT2D eigenvalue weighted by Gasteiger charge is 2.14. The minimum Gasteiger partial charge on any atom is -0.495 e. The van der Waals surface area contributed by atoms with Gasteiger partial charge in [-0.05, 0) is 30.2 Å². The number of hydrogen-bond donors (Lipinski definition) is 1. The van der Waals surface area contributed by atoms with E-state index in [2.05, 4.69) is 5.32 Å². The van der Waals surface area contributed by atoms with Gasteiger partial charge in [-0.25, -0.2) is 4.39 Å². The third-order valence-electron chi connectivity index (χ3n) is 3.52. The average molecular weight is 348 g/mol. The van der Waals surface area contributed by atoms with Gasteiger partial charge in [0.05, 0.1) is 24.8 Å². The van der Waals surface area contributed by atoms with Crippen LogP contribution in [0.25, 0.3) is 0 Å². The Morgan fingerprint density at radius 1 is 1.16 bits per heavy atom. The first kappa shape index (κ1) is 18.2. The second kappa shape index (κ2) is 8.09. The number of hydrogen-bond acceptors (Lipinski definition) is 5. The second-order valence-electron chi connectivity index (χ2n) is 5.16. The molecule has 1 N–H and O–H groups in total. The average Bonchev–Trinajstić information content (AvgIpc) is 2.60. The molecule has 0 bridgehead atoms. The summed E-state index contributed by atoms with van der Waals surface area (Å²) in [7, 11) is 2.77. The van der Waals surface area contributed by atoms with Crippen LogP contribution in [0.15, 0.2) is 36.4 Å². The number of anilines is 1. The molecule has 0 heterocycles. The second-order valence-corrected chi connectivity index (χ2v) is 5.16. The lowest BCUT2D eigenvalue weighted by molar-refractivity contribution is -0.384. The number of non-ortho nitro benzene ring substituents is 1. The van der Waals surface area contributed by atoms with Crippen LogP contribution in [0.5, 0.6) is 11.5 Å². The summed E-state index contributed by atoms with van der Waals surface area (Å²) >= 11 is 0. The molecule has 0 aliphatic carbocycles. The highest BCUT2D eigenvalue weighted by molar-refractivity contribution is 5.92. The van der Waals surface area contributed by atoms with Gasteiger partial charge in [0, 0.05) is 18.6 Å². The van der Waals surface area contributed by atoms with Gasteiger partial charge in [-0.15, -0.1) is 0 Å². The highest BCUT2D eigenvalue weighted by atomic mass is 19.1. The van der Waals surface area contributed by atoms with E-state index in [1.807, 2.05) is 0 Å². The normalized spacial score (nSPS) is 10.2. The molecule has 0 radical (unpaired) electrons. The van der Waals surface area contributed by atoms with Gasteiger partial charge in [-0.2, -0.15) is 0 Å². The lowest BCUT2D eigenvalue weighted by atomic mass is 10.1. The van der Waals surface area contributed by atoms with Crippen molar-refractivity contribution in [2.75, 3.05) is 19.5 Å². The van der Waals surface area contributed by atoms with Crippen molar-refractivity contribution in [1.82, 2.24) is 0 Å².